The maximum atomic E-state index is 12.2. The SMILES string of the molecule is Cc1cccc(C(=O)N2CC(N3C(=O)CNC3=O)C2)c1. The number of imide groups is 1. The Balaban J connectivity index is 1.64. The number of nitrogens with one attached hydrogen (secondary N) is 1. The number of benzene rings is 1. The van der Waals surface area contributed by atoms with Crippen molar-refractivity contribution in [2.45, 2.75) is 13.0 Å². The summed E-state index contributed by atoms with van der Waals surface area (Å²) >= 11 is 0. The van der Waals surface area contributed by atoms with Crippen LogP contribution in [-0.4, -0.2) is 53.3 Å². The molecule has 0 radical (unpaired) electrons. The third-order valence-electron chi connectivity index (χ3n) is 3.66. The van der Waals surface area contributed by atoms with Gasteiger partial charge in [-0.05, 0) is 19.1 Å². The molecule has 6 nitrogen and oxygen atoms in total. The minimum absolute atomic E-state index is 0.0567. The van der Waals surface area contributed by atoms with Crippen LogP contribution in [0.5, 0.6) is 0 Å². The Bertz CT molecular complexity index is 577. The molecule has 1 aromatic rings. The lowest BCUT2D eigenvalue weighted by atomic mass is 10.0. The van der Waals surface area contributed by atoms with Crippen LogP contribution in [0, 0.1) is 6.92 Å². The highest BCUT2D eigenvalue weighted by Crippen LogP contribution is 2.20. The van der Waals surface area contributed by atoms with Gasteiger partial charge in [-0.1, -0.05) is 17.7 Å². The number of nitrogens with zero attached hydrogens (tertiary/aromatic N) is 2. The zero-order chi connectivity index (χ0) is 14.3. The molecule has 20 heavy (non-hydrogen) atoms. The predicted molar refractivity (Wildman–Crippen MR) is 71.1 cm³/mol. The first kappa shape index (κ1) is 12.7. The van der Waals surface area contributed by atoms with Gasteiger partial charge in [0.05, 0.1) is 12.6 Å². The van der Waals surface area contributed by atoms with E-state index in [9.17, 15) is 14.4 Å². The number of rotatable bonds is 2. The topological polar surface area (TPSA) is 69.7 Å². The second-order valence-corrected chi connectivity index (χ2v) is 5.16. The highest BCUT2D eigenvalue weighted by Gasteiger charge is 2.42. The van der Waals surface area contributed by atoms with Crippen LogP contribution in [0.4, 0.5) is 4.79 Å². The van der Waals surface area contributed by atoms with Crippen molar-refractivity contribution in [3.05, 3.63) is 35.4 Å². The number of carbonyl (C=O) groups is 3. The van der Waals surface area contributed by atoms with Gasteiger partial charge in [0, 0.05) is 18.7 Å². The molecule has 2 heterocycles. The molecule has 1 aromatic carbocycles. The van der Waals surface area contributed by atoms with Crippen molar-refractivity contribution in [3.8, 4) is 0 Å². The van der Waals surface area contributed by atoms with Crippen LogP contribution < -0.4 is 5.32 Å². The van der Waals surface area contributed by atoms with Crippen LogP contribution in [0.2, 0.25) is 0 Å². The van der Waals surface area contributed by atoms with Gasteiger partial charge in [-0.3, -0.25) is 14.5 Å². The van der Waals surface area contributed by atoms with E-state index in [1.807, 2.05) is 25.1 Å². The number of hydrogen-bond acceptors (Lipinski definition) is 3. The van der Waals surface area contributed by atoms with Crippen molar-refractivity contribution in [2.75, 3.05) is 19.6 Å². The highest BCUT2D eigenvalue weighted by molar-refractivity contribution is 6.03. The summed E-state index contributed by atoms with van der Waals surface area (Å²) in [5.41, 5.74) is 1.67. The monoisotopic (exact) mass is 273 g/mol. The van der Waals surface area contributed by atoms with E-state index >= 15 is 0 Å². The third kappa shape index (κ3) is 2.03. The second-order valence-electron chi connectivity index (χ2n) is 5.16. The number of hydrogen-bond donors (Lipinski definition) is 1. The van der Waals surface area contributed by atoms with E-state index in [0.717, 1.165) is 5.56 Å². The molecule has 2 aliphatic rings. The van der Waals surface area contributed by atoms with Crippen molar-refractivity contribution < 1.29 is 14.4 Å². The van der Waals surface area contributed by atoms with Gasteiger partial charge in [0.1, 0.15) is 0 Å². The number of amides is 4. The quantitative estimate of drug-likeness (QED) is 0.792. The fourth-order valence-electron chi connectivity index (χ4n) is 2.55. The van der Waals surface area contributed by atoms with Crippen molar-refractivity contribution in [3.63, 3.8) is 0 Å². The summed E-state index contributed by atoms with van der Waals surface area (Å²) < 4.78 is 0. The smallest absolute Gasteiger partial charge is 0.324 e. The van der Waals surface area contributed by atoms with Gasteiger partial charge < -0.3 is 10.2 Å². The Labute approximate surface area is 116 Å². The Kier molecular flexibility index (Phi) is 2.93. The number of carbonyl (C=O) groups excluding carboxylic acids is 3. The molecule has 1 N–H and O–H groups in total. The molecule has 4 amide bonds. The van der Waals surface area contributed by atoms with Gasteiger partial charge in [-0.25, -0.2) is 4.79 Å². The molecular formula is C14H15N3O3. The minimum atomic E-state index is -0.359. The number of aryl methyl sites for hydroxylation is 1. The number of likely N-dealkylation sites (tertiary alicyclic amines) is 1. The molecular weight excluding hydrogens is 258 g/mol. The van der Waals surface area contributed by atoms with Crippen LogP contribution in [0.25, 0.3) is 0 Å². The predicted octanol–water partition coefficient (Wildman–Crippen LogP) is 0.371. The Hall–Kier alpha value is -2.37. The van der Waals surface area contributed by atoms with Crippen molar-refractivity contribution in [1.29, 1.82) is 0 Å². The molecule has 0 bridgehead atoms. The molecule has 0 atom stereocenters. The van der Waals surface area contributed by atoms with Crippen molar-refractivity contribution in [2.24, 2.45) is 0 Å². The van der Waals surface area contributed by atoms with E-state index in [2.05, 4.69) is 5.32 Å². The average Bonchev–Trinajstić information content (AvgIpc) is 2.69. The van der Waals surface area contributed by atoms with Gasteiger partial charge in [0.15, 0.2) is 0 Å². The van der Waals surface area contributed by atoms with Crippen LogP contribution in [0.1, 0.15) is 15.9 Å². The molecule has 2 aliphatic heterocycles. The Morgan fingerprint density at radius 3 is 2.65 bits per heavy atom. The molecule has 3 rings (SSSR count). The molecule has 0 aliphatic carbocycles. The standard InChI is InChI=1S/C14H15N3O3/c1-9-3-2-4-10(5-9)13(19)16-7-11(8-16)17-12(18)6-15-14(17)20/h2-5,11H,6-8H2,1H3,(H,15,20). The minimum Gasteiger partial charge on any atom is -0.334 e. The average molecular weight is 273 g/mol. The van der Waals surface area contributed by atoms with E-state index in [1.54, 1.807) is 11.0 Å². The maximum Gasteiger partial charge on any atom is 0.324 e. The fraction of sp³-hybridized carbons (Fsp3) is 0.357. The van der Waals surface area contributed by atoms with Crippen LogP contribution >= 0.6 is 0 Å². The second kappa shape index (κ2) is 4.63. The zero-order valence-electron chi connectivity index (χ0n) is 11.1. The molecule has 104 valence electrons. The Morgan fingerprint density at radius 1 is 1.30 bits per heavy atom. The van der Waals surface area contributed by atoms with Crippen molar-refractivity contribution in [1.82, 2.24) is 15.1 Å². The summed E-state index contributed by atoms with van der Waals surface area (Å²) in [6.07, 6.45) is 0. The number of urea groups is 1. The summed E-state index contributed by atoms with van der Waals surface area (Å²) in [7, 11) is 0. The molecule has 0 saturated carbocycles. The highest BCUT2D eigenvalue weighted by atomic mass is 16.2. The maximum absolute atomic E-state index is 12.2. The van der Waals surface area contributed by atoms with Gasteiger partial charge in [-0.15, -0.1) is 0 Å². The summed E-state index contributed by atoms with van der Waals surface area (Å²) in [4.78, 5) is 38.1. The largest absolute Gasteiger partial charge is 0.334 e. The first-order valence-corrected chi connectivity index (χ1v) is 6.52. The molecule has 2 saturated heterocycles. The van der Waals surface area contributed by atoms with Gasteiger partial charge in [0.25, 0.3) is 5.91 Å². The lowest BCUT2D eigenvalue weighted by Gasteiger charge is -2.42. The van der Waals surface area contributed by atoms with Crippen LogP contribution in [0.3, 0.4) is 0 Å². The molecule has 6 heteroatoms. The fourth-order valence-corrected chi connectivity index (χ4v) is 2.55. The van der Waals surface area contributed by atoms with Gasteiger partial charge in [0.2, 0.25) is 5.91 Å². The first-order chi connectivity index (χ1) is 9.56. The third-order valence-corrected chi connectivity index (χ3v) is 3.66. The van der Waals surface area contributed by atoms with Gasteiger partial charge >= 0.3 is 6.03 Å². The summed E-state index contributed by atoms with van der Waals surface area (Å²) in [5, 5.41) is 2.49. The lowest BCUT2D eigenvalue weighted by Crippen LogP contribution is -2.62. The lowest BCUT2D eigenvalue weighted by molar-refractivity contribution is -0.128. The van der Waals surface area contributed by atoms with E-state index in [0.29, 0.717) is 18.7 Å². The zero-order valence-corrected chi connectivity index (χ0v) is 11.1. The normalized spacial score (nSPS) is 19.1. The summed E-state index contributed by atoms with van der Waals surface area (Å²) in [5.74, 6) is -0.278. The van der Waals surface area contributed by atoms with Gasteiger partial charge in [-0.2, -0.15) is 0 Å². The van der Waals surface area contributed by atoms with E-state index in [-0.39, 0.29) is 30.4 Å². The van der Waals surface area contributed by atoms with E-state index in [4.69, 9.17) is 0 Å². The van der Waals surface area contributed by atoms with E-state index in [1.165, 1.54) is 4.90 Å². The van der Waals surface area contributed by atoms with E-state index < -0.39 is 0 Å². The molecule has 2 fully saturated rings. The molecule has 0 spiro atoms. The van der Waals surface area contributed by atoms with Crippen molar-refractivity contribution >= 4 is 17.8 Å². The Morgan fingerprint density at radius 2 is 2.05 bits per heavy atom. The first-order valence-electron chi connectivity index (χ1n) is 6.52. The molecule has 0 aromatic heterocycles. The summed E-state index contributed by atoms with van der Waals surface area (Å²) in [6.45, 7) is 2.81. The summed E-state index contributed by atoms with van der Waals surface area (Å²) in [6, 6.07) is 6.83. The van der Waals surface area contributed by atoms with Crippen LogP contribution in [0.15, 0.2) is 24.3 Å². The van der Waals surface area contributed by atoms with Crippen LogP contribution in [-0.2, 0) is 4.79 Å². The molecule has 0 unspecified atom stereocenters.